The van der Waals surface area contributed by atoms with Crippen LogP contribution in [0.15, 0.2) is 36.4 Å². The molecule has 0 spiro atoms. The summed E-state index contributed by atoms with van der Waals surface area (Å²) in [5.41, 5.74) is 0.317. The molecule has 0 aromatic heterocycles. The van der Waals surface area contributed by atoms with E-state index in [2.05, 4.69) is 11.9 Å². The van der Waals surface area contributed by atoms with Crippen LogP contribution in [0.5, 0.6) is 0 Å². The first-order valence-corrected chi connectivity index (χ1v) is 6.92. The van der Waals surface area contributed by atoms with Crippen LogP contribution in [-0.2, 0) is 9.53 Å². The molecule has 1 aromatic rings. The van der Waals surface area contributed by atoms with E-state index >= 15 is 0 Å². The Morgan fingerprint density at radius 1 is 1.33 bits per heavy atom. The van der Waals surface area contributed by atoms with E-state index in [-0.39, 0.29) is 11.4 Å². The van der Waals surface area contributed by atoms with Crippen LogP contribution in [0.1, 0.15) is 39.3 Å². The highest BCUT2D eigenvalue weighted by Crippen LogP contribution is 2.24. The van der Waals surface area contributed by atoms with Crippen molar-refractivity contribution in [2.24, 2.45) is 0 Å². The van der Waals surface area contributed by atoms with Gasteiger partial charge < -0.3 is 10.1 Å². The molecule has 0 fully saturated rings. The zero-order valence-corrected chi connectivity index (χ0v) is 13.5. The average molecular weight is 310 g/mol. The van der Waals surface area contributed by atoms with Gasteiger partial charge >= 0.3 is 6.09 Å². The van der Waals surface area contributed by atoms with E-state index in [0.29, 0.717) is 10.6 Å². The summed E-state index contributed by atoms with van der Waals surface area (Å²) in [5.74, 6) is -0.212. The van der Waals surface area contributed by atoms with Crippen LogP contribution in [0.25, 0.3) is 0 Å². The number of Topliss-reactive ketones (excluding diaryl/α,β-unsaturated/α-hetero) is 1. The van der Waals surface area contributed by atoms with E-state index in [1.165, 1.54) is 6.92 Å². The molecule has 4 nitrogen and oxygen atoms in total. The zero-order chi connectivity index (χ0) is 16.2. The molecular formula is C16H20ClNO3. The molecule has 1 aromatic carbocycles. The summed E-state index contributed by atoms with van der Waals surface area (Å²) in [5, 5.41) is 3.17. The number of hydrogen-bond acceptors (Lipinski definition) is 3. The standard InChI is InChI=1S/C16H20ClNO3/c1-10(11(2)19)14(12-7-6-8-13(17)9-12)18-15(20)21-16(3,4)5/h6-9,14H,1H2,2-5H3,(H,18,20). The summed E-state index contributed by atoms with van der Waals surface area (Å²) in [6.07, 6.45) is -0.616. The van der Waals surface area contributed by atoms with Gasteiger partial charge in [0.25, 0.3) is 0 Å². The first kappa shape index (κ1) is 17.2. The number of nitrogens with one attached hydrogen (secondary N) is 1. The number of hydrogen-bond donors (Lipinski definition) is 1. The molecule has 0 saturated heterocycles. The van der Waals surface area contributed by atoms with Crippen LogP contribution in [-0.4, -0.2) is 17.5 Å². The minimum atomic E-state index is -0.670. The second-order valence-electron chi connectivity index (χ2n) is 5.72. The maximum atomic E-state index is 11.9. The molecule has 1 atom stereocenters. The fourth-order valence-corrected chi connectivity index (χ4v) is 1.89. The van der Waals surface area contributed by atoms with Gasteiger partial charge in [-0.05, 0) is 45.4 Å². The van der Waals surface area contributed by atoms with Gasteiger partial charge in [-0.25, -0.2) is 4.79 Å². The van der Waals surface area contributed by atoms with Gasteiger partial charge in [-0.15, -0.1) is 0 Å². The number of alkyl carbamates (subject to hydrolysis) is 1. The van der Waals surface area contributed by atoms with Gasteiger partial charge in [0.1, 0.15) is 5.60 Å². The molecule has 0 saturated carbocycles. The van der Waals surface area contributed by atoms with Crippen LogP contribution >= 0.6 is 11.6 Å². The lowest BCUT2D eigenvalue weighted by Crippen LogP contribution is -2.36. The fourth-order valence-electron chi connectivity index (χ4n) is 1.69. The lowest BCUT2D eigenvalue weighted by molar-refractivity contribution is -0.113. The van der Waals surface area contributed by atoms with Crippen LogP contribution in [0.2, 0.25) is 5.02 Å². The monoisotopic (exact) mass is 309 g/mol. The molecule has 114 valence electrons. The molecule has 0 aliphatic rings. The van der Waals surface area contributed by atoms with Crippen molar-refractivity contribution in [1.29, 1.82) is 0 Å². The van der Waals surface area contributed by atoms with Gasteiger partial charge in [0.2, 0.25) is 0 Å². The lowest BCUT2D eigenvalue weighted by Gasteiger charge is -2.24. The average Bonchev–Trinajstić information content (AvgIpc) is 2.32. The number of halogens is 1. The van der Waals surface area contributed by atoms with Crippen LogP contribution in [0, 0.1) is 0 Å². The van der Waals surface area contributed by atoms with Crippen LogP contribution < -0.4 is 5.32 Å². The first-order chi connectivity index (χ1) is 9.60. The fraction of sp³-hybridized carbons (Fsp3) is 0.375. The number of amides is 1. The molecule has 0 bridgehead atoms. The smallest absolute Gasteiger partial charge is 0.408 e. The highest BCUT2D eigenvalue weighted by molar-refractivity contribution is 6.30. The Morgan fingerprint density at radius 2 is 1.95 bits per heavy atom. The van der Waals surface area contributed by atoms with Crippen molar-refractivity contribution >= 4 is 23.5 Å². The van der Waals surface area contributed by atoms with Crippen molar-refractivity contribution < 1.29 is 14.3 Å². The van der Waals surface area contributed by atoms with Crippen LogP contribution in [0.3, 0.4) is 0 Å². The molecule has 0 radical (unpaired) electrons. The van der Waals surface area contributed by atoms with Gasteiger partial charge in [-0.2, -0.15) is 0 Å². The summed E-state index contributed by atoms with van der Waals surface area (Å²) in [4.78, 5) is 23.5. The third kappa shape index (κ3) is 5.60. The highest BCUT2D eigenvalue weighted by atomic mass is 35.5. The van der Waals surface area contributed by atoms with E-state index in [4.69, 9.17) is 16.3 Å². The van der Waals surface area contributed by atoms with E-state index in [1.54, 1.807) is 45.0 Å². The van der Waals surface area contributed by atoms with Crippen molar-refractivity contribution in [2.45, 2.75) is 39.3 Å². The number of ketones is 1. The zero-order valence-electron chi connectivity index (χ0n) is 12.7. The van der Waals surface area contributed by atoms with Gasteiger partial charge in [0, 0.05) is 10.6 Å². The highest BCUT2D eigenvalue weighted by Gasteiger charge is 2.24. The number of rotatable bonds is 4. The largest absolute Gasteiger partial charge is 0.444 e. The molecule has 21 heavy (non-hydrogen) atoms. The SMILES string of the molecule is C=C(C(C)=O)C(NC(=O)OC(C)(C)C)c1cccc(Cl)c1. The summed E-state index contributed by atoms with van der Waals surface area (Å²) in [6, 6.07) is 6.23. The van der Waals surface area contributed by atoms with Crippen molar-refractivity contribution in [3.8, 4) is 0 Å². The second-order valence-corrected chi connectivity index (χ2v) is 6.15. The topological polar surface area (TPSA) is 55.4 Å². The van der Waals surface area contributed by atoms with Gasteiger partial charge in [-0.1, -0.05) is 30.3 Å². The normalized spacial score (nSPS) is 12.4. The second kappa shape index (κ2) is 6.76. The number of carbonyl (C=O) groups excluding carboxylic acids is 2. The quantitative estimate of drug-likeness (QED) is 0.854. The van der Waals surface area contributed by atoms with E-state index < -0.39 is 17.7 Å². The van der Waals surface area contributed by atoms with Gasteiger partial charge in [0.05, 0.1) is 6.04 Å². The third-order valence-electron chi connectivity index (χ3n) is 2.64. The maximum absolute atomic E-state index is 11.9. The Hall–Kier alpha value is -1.81. The maximum Gasteiger partial charge on any atom is 0.408 e. The molecule has 1 N–H and O–H groups in total. The van der Waals surface area contributed by atoms with E-state index in [9.17, 15) is 9.59 Å². The molecule has 1 rings (SSSR count). The lowest BCUT2D eigenvalue weighted by atomic mass is 9.97. The van der Waals surface area contributed by atoms with Crippen molar-refractivity contribution in [2.75, 3.05) is 0 Å². The summed E-state index contributed by atoms with van der Waals surface area (Å²) in [7, 11) is 0. The van der Waals surface area contributed by atoms with Gasteiger partial charge in [0.15, 0.2) is 5.78 Å². The van der Waals surface area contributed by atoms with Crippen molar-refractivity contribution in [3.05, 3.63) is 47.0 Å². The van der Waals surface area contributed by atoms with Gasteiger partial charge in [-0.3, -0.25) is 4.79 Å². The Balaban J connectivity index is 3.02. The van der Waals surface area contributed by atoms with E-state index in [0.717, 1.165) is 0 Å². The summed E-state index contributed by atoms with van der Waals surface area (Å²) < 4.78 is 5.21. The van der Waals surface area contributed by atoms with Crippen molar-refractivity contribution in [1.82, 2.24) is 5.32 Å². The molecule has 1 unspecified atom stereocenters. The molecule has 5 heteroatoms. The minimum absolute atomic E-state index is 0.212. The predicted octanol–water partition coefficient (Wildman–Crippen LogP) is 4.05. The Bertz CT molecular complexity index is 561. The third-order valence-corrected chi connectivity index (χ3v) is 2.88. The Morgan fingerprint density at radius 3 is 2.43 bits per heavy atom. The Kier molecular flexibility index (Phi) is 5.55. The number of carbonyl (C=O) groups is 2. The predicted molar refractivity (Wildman–Crippen MR) is 83.4 cm³/mol. The summed E-state index contributed by atoms with van der Waals surface area (Å²) >= 11 is 5.96. The molecule has 0 aliphatic heterocycles. The first-order valence-electron chi connectivity index (χ1n) is 6.55. The van der Waals surface area contributed by atoms with E-state index in [1.807, 2.05) is 0 Å². The van der Waals surface area contributed by atoms with Crippen molar-refractivity contribution in [3.63, 3.8) is 0 Å². The van der Waals surface area contributed by atoms with Crippen LogP contribution in [0.4, 0.5) is 4.79 Å². The Labute approximate surface area is 130 Å². The molecule has 1 amide bonds. The molecular weight excluding hydrogens is 290 g/mol. The molecule has 0 aliphatic carbocycles. The number of ether oxygens (including phenoxy) is 1. The molecule has 0 heterocycles. The minimum Gasteiger partial charge on any atom is -0.444 e. The number of benzene rings is 1. The summed E-state index contributed by atoms with van der Waals surface area (Å²) in [6.45, 7) is 10.4.